The maximum atomic E-state index is 11.4. The number of carbonyl (C=O) groups is 1. The van der Waals surface area contributed by atoms with Crippen LogP contribution in [0, 0.1) is 0 Å². The molecule has 3 aromatic rings. The number of carbonyl (C=O) groups excluding carboxylic acids is 1. The Morgan fingerprint density at radius 2 is 1.96 bits per heavy atom. The van der Waals surface area contributed by atoms with E-state index < -0.39 is 0 Å². The van der Waals surface area contributed by atoms with Gasteiger partial charge < -0.3 is 10.1 Å². The number of hydrogen-bond acceptors (Lipinski definition) is 3. The summed E-state index contributed by atoms with van der Waals surface area (Å²) in [5, 5.41) is 4.12. The number of pyridine rings is 1. The first kappa shape index (κ1) is 15.6. The fourth-order valence-corrected chi connectivity index (χ4v) is 3.40. The van der Waals surface area contributed by atoms with Crippen molar-refractivity contribution in [3.63, 3.8) is 0 Å². The van der Waals surface area contributed by atoms with Gasteiger partial charge in [0.05, 0.1) is 18.7 Å². The molecule has 1 fully saturated rings. The molecular formula is C21H20N2O2. The van der Waals surface area contributed by atoms with Crippen LogP contribution in [0.4, 0.5) is 0 Å². The number of ether oxygens (including phenoxy) is 1. The van der Waals surface area contributed by atoms with Gasteiger partial charge in [-0.1, -0.05) is 42.5 Å². The van der Waals surface area contributed by atoms with E-state index in [1.54, 1.807) is 7.11 Å². The number of amides is 1. The number of nitrogens with zero attached hydrogens (tertiary/aromatic N) is 1. The number of rotatable bonds is 4. The van der Waals surface area contributed by atoms with Gasteiger partial charge in [-0.2, -0.15) is 0 Å². The molecule has 4 nitrogen and oxygen atoms in total. The average molecular weight is 332 g/mol. The Morgan fingerprint density at radius 3 is 2.68 bits per heavy atom. The fourth-order valence-electron chi connectivity index (χ4n) is 3.40. The Labute approximate surface area is 146 Å². The van der Waals surface area contributed by atoms with Crippen LogP contribution in [-0.2, 0) is 11.2 Å². The zero-order valence-electron chi connectivity index (χ0n) is 14.2. The molecule has 1 aliphatic heterocycles. The first-order chi connectivity index (χ1) is 12.2. The molecule has 0 unspecified atom stereocenters. The number of fused-ring (bicyclic) bond motifs is 1. The number of hydrogen-bond donors (Lipinski definition) is 1. The van der Waals surface area contributed by atoms with E-state index in [0.717, 1.165) is 29.3 Å². The summed E-state index contributed by atoms with van der Waals surface area (Å²) in [4.78, 5) is 16.0. The summed E-state index contributed by atoms with van der Waals surface area (Å²) in [7, 11) is 1.66. The number of aromatic nitrogens is 1. The molecule has 0 saturated carbocycles. The van der Waals surface area contributed by atoms with Gasteiger partial charge in [-0.05, 0) is 29.7 Å². The molecular weight excluding hydrogens is 312 g/mol. The predicted molar refractivity (Wildman–Crippen MR) is 97.7 cm³/mol. The van der Waals surface area contributed by atoms with Crippen molar-refractivity contribution in [1.82, 2.24) is 10.3 Å². The number of nitrogens with one attached hydrogen (secondary N) is 1. The summed E-state index contributed by atoms with van der Waals surface area (Å²) in [5.41, 5.74) is 4.38. The third kappa shape index (κ3) is 3.20. The van der Waals surface area contributed by atoms with Crippen LogP contribution < -0.4 is 10.1 Å². The Morgan fingerprint density at radius 1 is 1.16 bits per heavy atom. The normalized spacial score (nSPS) is 16.8. The minimum Gasteiger partial charge on any atom is -0.481 e. The van der Waals surface area contributed by atoms with Crippen molar-refractivity contribution in [2.75, 3.05) is 7.11 Å². The average Bonchev–Trinajstić information content (AvgIpc) is 3.08. The third-order valence-electron chi connectivity index (χ3n) is 4.73. The monoisotopic (exact) mass is 332 g/mol. The quantitative estimate of drug-likeness (QED) is 0.791. The van der Waals surface area contributed by atoms with Gasteiger partial charge in [-0.25, -0.2) is 4.98 Å². The van der Waals surface area contributed by atoms with Crippen molar-refractivity contribution in [3.8, 4) is 5.88 Å². The van der Waals surface area contributed by atoms with Crippen LogP contribution in [0.25, 0.3) is 10.9 Å². The van der Waals surface area contributed by atoms with Gasteiger partial charge in [-0.15, -0.1) is 0 Å². The molecule has 1 aromatic heterocycles. The van der Waals surface area contributed by atoms with E-state index in [2.05, 4.69) is 46.7 Å². The summed E-state index contributed by atoms with van der Waals surface area (Å²) in [6.07, 6.45) is 2.26. The minimum atomic E-state index is 0.140. The second kappa shape index (κ2) is 6.55. The van der Waals surface area contributed by atoms with E-state index in [0.29, 0.717) is 12.3 Å². The molecule has 1 aliphatic rings. The van der Waals surface area contributed by atoms with Crippen LogP contribution in [0.5, 0.6) is 5.88 Å². The zero-order chi connectivity index (χ0) is 17.2. The smallest absolute Gasteiger partial charge is 0.220 e. The van der Waals surface area contributed by atoms with E-state index in [4.69, 9.17) is 4.74 Å². The van der Waals surface area contributed by atoms with Gasteiger partial charge >= 0.3 is 0 Å². The van der Waals surface area contributed by atoms with Crippen molar-refractivity contribution in [2.24, 2.45) is 0 Å². The molecule has 4 rings (SSSR count). The lowest BCUT2D eigenvalue weighted by molar-refractivity contribution is -0.119. The summed E-state index contributed by atoms with van der Waals surface area (Å²) < 4.78 is 5.48. The van der Waals surface area contributed by atoms with E-state index in [1.807, 2.05) is 18.2 Å². The maximum Gasteiger partial charge on any atom is 0.220 e. The lowest BCUT2D eigenvalue weighted by Crippen LogP contribution is -2.18. The summed E-state index contributed by atoms with van der Waals surface area (Å²) in [6.45, 7) is 0. The number of benzene rings is 2. The highest BCUT2D eigenvalue weighted by molar-refractivity contribution is 5.80. The molecule has 1 amide bonds. The van der Waals surface area contributed by atoms with Crippen molar-refractivity contribution in [1.29, 1.82) is 0 Å². The first-order valence-electron chi connectivity index (χ1n) is 8.54. The second-order valence-corrected chi connectivity index (χ2v) is 6.43. The first-order valence-corrected chi connectivity index (χ1v) is 8.54. The van der Waals surface area contributed by atoms with Crippen LogP contribution in [-0.4, -0.2) is 18.0 Å². The molecule has 0 radical (unpaired) electrons. The standard InChI is InChI=1S/C21H20N2O2/c1-25-21-17(13-16-4-2-3-5-18(16)23-21)12-14-6-8-15(9-7-14)19-10-11-20(24)22-19/h2-9,13,19H,10-12H2,1H3,(H,22,24)/t19-/m0/s1. The summed E-state index contributed by atoms with van der Waals surface area (Å²) >= 11 is 0. The van der Waals surface area contributed by atoms with Crippen molar-refractivity contribution < 1.29 is 9.53 Å². The highest BCUT2D eigenvalue weighted by Gasteiger charge is 2.21. The van der Waals surface area contributed by atoms with Crippen molar-refractivity contribution >= 4 is 16.8 Å². The molecule has 0 aliphatic carbocycles. The lowest BCUT2D eigenvalue weighted by Gasteiger charge is -2.12. The Bertz CT molecular complexity index is 919. The summed E-state index contributed by atoms with van der Waals surface area (Å²) in [6, 6.07) is 18.8. The maximum absolute atomic E-state index is 11.4. The number of para-hydroxylation sites is 1. The van der Waals surface area contributed by atoms with Crippen molar-refractivity contribution in [2.45, 2.75) is 25.3 Å². The molecule has 2 aromatic carbocycles. The van der Waals surface area contributed by atoms with E-state index in [-0.39, 0.29) is 11.9 Å². The molecule has 1 N–H and O–H groups in total. The minimum absolute atomic E-state index is 0.140. The third-order valence-corrected chi connectivity index (χ3v) is 4.73. The predicted octanol–water partition coefficient (Wildman–Crippen LogP) is 3.79. The molecule has 1 atom stereocenters. The molecule has 25 heavy (non-hydrogen) atoms. The highest BCUT2D eigenvalue weighted by atomic mass is 16.5. The van der Waals surface area contributed by atoms with Crippen LogP contribution in [0.15, 0.2) is 54.6 Å². The Hall–Kier alpha value is -2.88. The fraction of sp³-hybridized carbons (Fsp3) is 0.238. The number of methoxy groups -OCH3 is 1. The molecule has 0 bridgehead atoms. The van der Waals surface area contributed by atoms with E-state index >= 15 is 0 Å². The second-order valence-electron chi connectivity index (χ2n) is 6.43. The van der Waals surface area contributed by atoms with E-state index in [1.165, 1.54) is 11.1 Å². The van der Waals surface area contributed by atoms with E-state index in [9.17, 15) is 4.79 Å². The van der Waals surface area contributed by atoms with Gasteiger partial charge in [0.2, 0.25) is 11.8 Å². The largest absolute Gasteiger partial charge is 0.481 e. The molecule has 1 saturated heterocycles. The highest BCUT2D eigenvalue weighted by Crippen LogP contribution is 2.27. The van der Waals surface area contributed by atoms with Crippen LogP contribution in [0.2, 0.25) is 0 Å². The zero-order valence-corrected chi connectivity index (χ0v) is 14.2. The van der Waals surface area contributed by atoms with Crippen LogP contribution >= 0.6 is 0 Å². The summed E-state index contributed by atoms with van der Waals surface area (Å²) in [5.74, 6) is 0.812. The van der Waals surface area contributed by atoms with Gasteiger partial charge in [0, 0.05) is 23.8 Å². The Balaban J connectivity index is 1.59. The van der Waals surface area contributed by atoms with Gasteiger partial charge in [0.25, 0.3) is 0 Å². The van der Waals surface area contributed by atoms with Crippen LogP contribution in [0.3, 0.4) is 0 Å². The molecule has 126 valence electrons. The molecule has 0 spiro atoms. The Kier molecular flexibility index (Phi) is 4.10. The lowest BCUT2D eigenvalue weighted by atomic mass is 10.00. The molecule has 2 heterocycles. The van der Waals surface area contributed by atoms with Gasteiger partial charge in [-0.3, -0.25) is 4.79 Å². The topological polar surface area (TPSA) is 51.2 Å². The van der Waals surface area contributed by atoms with Gasteiger partial charge in [0.15, 0.2) is 0 Å². The van der Waals surface area contributed by atoms with Crippen molar-refractivity contribution in [3.05, 3.63) is 71.3 Å². The van der Waals surface area contributed by atoms with Crippen LogP contribution in [0.1, 0.15) is 35.6 Å². The van der Waals surface area contributed by atoms with Gasteiger partial charge in [0.1, 0.15) is 0 Å². The SMILES string of the molecule is COc1nc2ccccc2cc1Cc1ccc([C@@H]2CCC(=O)N2)cc1. The molecule has 4 heteroatoms.